The first-order valence-electron chi connectivity index (χ1n) is 5.48. The number of carbonyl (C=O) groups excluding carboxylic acids is 1. The van der Waals surface area contributed by atoms with Crippen LogP contribution in [0.1, 0.15) is 34.1 Å². The Kier molecular flexibility index (Phi) is 4.30. The van der Waals surface area contributed by atoms with Crippen molar-refractivity contribution in [3.63, 3.8) is 0 Å². The second kappa shape index (κ2) is 5.06. The number of nitrogens with one attached hydrogen (secondary N) is 1. The maximum Gasteiger partial charge on any atom is 0.233 e. The normalized spacial score (nSPS) is 27.5. The van der Waals surface area contributed by atoms with Crippen LogP contribution in [-0.4, -0.2) is 23.0 Å². The zero-order valence-electron chi connectivity index (χ0n) is 9.54. The van der Waals surface area contributed by atoms with E-state index in [0.29, 0.717) is 17.9 Å². The zero-order chi connectivity index (χ0) is 10.7. The van der Waals surface area contributed by atoms with Crippen molar-refractivity contribution in [1.29, 1.82) is 0 Å². The molecular weight excluding hydrogens is 194 g/mol. The van der Waals surface area contributed by atoms with E-state index in [1.54, 1.807) is 11.8 Å². The first-order valence-corrected chi connectivity index (χ1v) is 6.53. The Hall–Kier alpha value is -0.180. The minimum atomic E-state index is 0.132. The Labute approximate surface area is 91.2 Å². The van der Waals surface area contributed by atoms with Gasteiger partial charge in [0.05, 0.1) is 5.25 Å². The summed E-state index contributed by atoms with van der Waals surface area (Å²) >= 11 is 1.75. The molecule has 0 aliphatic heterocycles. The molecule has 0 saturated heterocycles. The molecule has 1 rings (SSSR count). The van der Waals surface area contributed by atoms with Crippen LogP contribution in [0.15, 0.2) is 0 Å². The predicted octanol–water partition coefficient (Wildman–Crippen LogP) is 2.29. The second-order valence-electron chi connectivity index (χ2n) is 4.45. The van der Waals surface area contributed by atoms with Crippen molar-refractivity contribution in [2.45, 2.75) is 45.4 Å². The quantitative estimate of drug-likeness (QED) is 0.762. The third-order valence-corrected chi connectivity index (χ3v) is 4.10. The van der Waals surface area contributed by atoms with E-state index in [2.05, 4.69) is 33.0 Å². The molecule has 0 radical (unpaired) electrons. The smallest absolute Gasteiger partial charge is 0.233 e. The van der Waals surface area contributed by atoms with Gasteiger partial charge in [-0.05, 0) is 24.0 Å². The minimum Gasteiger partial charge on any atom is -0.352 e. The van der Waals surface area contributed by atoms with E-state index >= 15 is 0 Å². The fourth-order valence-corrected chi connectivity index (χ4v) is 2.50. The van der Waals surface area contributed by atoms with Crippen LogP contribution in [0.5, 0.6) is 0 Å². The summed E-state index contributed by atoms with van der Waals surface area (Å²) in [6, 6.07) is 0.459. The molecule has 1 aliphatic carbocycles. The van der Waals surface area contributed by atoms with Crippen molar-refractivity contribution in [2.75, 3.05) is 5.75 Å². The van der Waals surface area contributed by atoms with Crippen LogP contribution in [-0.2, 0) is 4.79 Å². The molecule has 0 heterocycles. The van der Waals surface area contributed by atoms with Crippen LogP contribution in [0.3, 0.4) is 0 Å². The van der Waals surface area contributed by atoms with E-state index in [1.165, 1.54) is 0 Å². The highest BCUT2D eigenvalue weighted by atomic mass is 32.2. The first-order chi connectivity index (χ1) is 6.56. The van der Waals surface area contributed by atoms with Gasteiger partial charge in [0.25, 0.3) is 0 Å². The van der Waals surface area contributed by atoms with Gasteiger partial charge in [0, 0.05) is 6.04 Å². The number of hydrogen-bond donors (Lipinski definition) is 1. The minimum absolute atomic E-state index is 0.132. The number of hydrogen-bond acceptors (Lipinski definition) is 2. The molecule has 0 spiro atoms. The van der Waals surface area contributed by atoms with E-state index in [9.17, 15) is 4.79 Å². The summed E-state index contributed by atoms with van der Waals surface area (Å²) in [7, 11) is 0. The molecule has 1 aliphatic rings. The van der Waals surface area contributed by atoms with Gasteiger partial charge in [-0.3, -0.25) is 4.79 Å². The summed E-state index contributed by atoms with van der Waals surface area (Å²) in [5, 5.41) is 3.24. The Bertz CT molecular complexity index is 205. The summed E-state index contributed by atoms with van der Waals surface area (Å²) < 4.78 is 0. The maximum absolute atomic E-state index is 11.8. The molecule has 3 atom stereocenters. The lowest BCUT2D eigenvalue weighted by molar-refractivity contribution is -0.121. The van der Waals surface area contributed by atoms with Gasteiger partial charge in [0.15, 0.2) is 0 Å². The van der Waals surface area contributed by atoms with Gasteiger partial charge < -0.3 is 5.32 Å². The summed E-state index contributed by atoms with van der Waals surface area (Å²) in [6.07, 6.45) is 1.16. The monoisotopic (exact) mass is 215 g/mol. The van der Waals surface area contributed by atoms with E-state index in [-0.39, 0.29) is 11.2 Å². The fraction of sp³-hybridized carbons (Fsp3) is 0.909. The van der Waals surface area contributed by atoms with Crippen molar-refractivity contribution in [3.8, 4) is 0 Å². The second-order valence-corrected chi connectivity index (χ2v) is 5.87. The lowest BCUT2D eigenvalue weighted by atomic mass is 10.1. The molecule has 0 aromatic carbocycles. The van der Waals surface area contributed by atoms with Gasteiger partial charge in [-0.2, -0.15) is 0 Å². The molecule has 0 bridgehead atoms. The molecule has 3 heteroatoms. The third-order valence-electron chi connectivity index (χ3n) is 2.65. The molecule has 1 saturated carbocycles. The number of thioether (sulfide) groups is 1. The van der Waals surface area contributed by atoms with Crippen LogP contribution in [0.4, 0.5) is 0 Å². The topological polar surface area (TPSA) is 29.1 Å². The highest BCUT2D eigenvalue weighted by Gasteiger charge is 2.35. The van der Waals surface area contributed by atoms with E-state index in [1.807, 2.05) is 0 Å². The van der Waals surface area contributed by atoms with Crippen molar-refractivity contribution in [3.05, 3.63) is 0 Å². The average molecular weight is 215 g/mol. The van der Waals surface area contributed by atoms with Gasteiger partial charge in [-0.25, -0.2) is 0 Å². The van der Waals surface area contributed by atoms with Gasteiger partial charge in [-0.15, -0.1) is 11.8 Å². The molecule has 82 valence electrons. The summed E-state index contributed by atoms with van der Waals surface area (Å²) in [4.78, 5) is 11.8. The molecule has 1 fully saturated rings. The van der Waals surface area contributed by atoms with Gasteiger partial charge in [0.1, 0.15) is 0 Å². The molecule has 14 heavy (non-hydrogen) atoms. The maximum atomic E-state index is 11.8. The summed E-state index contributed by atoms with van der Waals surface area (Å²) in [5.74, 6) is 2.37. The number of carbonyl (C=O) groups is 1. The summed E-state index contributed by atoms with van der Waals surface area (Å²) in [5.41, 5.74) is 0. The van der Waals surface area contributed by atoms with Crippen LogP contribution in [0, 0.1) is 11.8 Å². The van der Waals surface area contributed by atoms with Gasteiger partial charge >= 0.3 is 0 Å². The van der Waals surface area contributed by atoms with Crippen molar-refractivity contribution < 1.29 is 4.79 Å². The number of amides is 1. The summed E-state index contributed by atoms with van der Waals surface area (Å²) in [6.45, 7) is 8.52. The molecular formula is C11H21NOS. The van der Waals surface area contributed by atoms with Crippen molar-refractivity contribution in [1.82, 2.24) is 5.32 Å². The Morgan fingerprint density at radius 2 is 2.14 bits per heavy atom. The predicted molar refractivity (Wildman–Crippen MR) is 62.5 cm³/mol. The Morgan fingerprint density at radius 1 is 1.57 bits per heavy atom. The Balaban J connectivity index is 2.38. The number of rotatable bonds is 5. The van der Waals surface area contributed by atoms with Crippen LogP contribution < -0.4 is 5.32 Å². The third kappa shape index (κ3) is 3.19. The lowest BCUT2D eigenvalue weighted by Crippen LogP contribution is -2.37. The van der Waals surface area contributed by atoms with Crippen LogP contribution >= 0.6 is 11.8 Å². The van der Waals surface area contributed by atoms with E-state index < -0.39 is 0 Å². The molecule has 0 aromatic heterocycles. The standard InChI is InChI=1S/C11H21NOS/c1-5-14-10(7(2)3)11(13)12-9-6-8(9)4/h7-10H,5-6H2,1-4H3,(H,12,13). The molecule has 1 amide bonds. The van der Waals surface area contributed by atoms with E-state index in [4.69, 9.17) is 0 Å². The highest BCUT2D eigenvalue weighted by molar-refractivity contribution is 8.00. The van der Waals surface area contributed by atoms with Crippen LogP contribution in [0.2, 0.25) is 0 Å². The average Bonchev–Trinajstić information content (AvgIpc) is 2.76. The van der Waals surface area contributed by atoms with Crippen LogP contribution in [0.25, 0.3) is 0 Å². The van der Waals surface area contributed by atoms with Gasteiger partial charge in [-0.1, -0.05) is 27.7 Å². The SMILES string of the molecule is CCSC(C(=O)NC1CC1C)C(C)C. The van der Waals surface area contributed by atoms with E-state index in [0.717, 1.165) is 12.2 Å². The fourth-order valence-electron chi connectivity index (χ4n) is 1.54. The molecule has 2 nitrogen and oxygen atoms in total. The molecule has 1 N–H and O–H groups in total. The zero-order valence-corrected chi connectivity index (χ0v) is 10.4. The van der Waals surface area contributed by atoms with Crippen molar-refractivity contribution in [2.24, 2.45) is 11.8 Å². The molecule has 0 aromatic rings. The Morgan fingerprint density at radius 3 is 2.50 bits per heavy atom. The highest BCUT2D eigenvalue weighted by Crippen LogP contribution is 2.30. The van der Waals surface area contributed by atoms with Gasteiger partial charge in [0.2, 0.25) is 5.91 Å². The lowest BCUT2D eigenvalue weighted by Gasteiger charge is -2.19. The first kappa shape index (κ1) is 11.9. The largest absolute Gasteiger partial charge is 0.352 e. The van der Waals surface area contributed by atoms with Crippen molar-refractivity contribution >= 4 is 17.7 Å². The molecule has 3 unspecified atom stereocenters.